The maximum Gasteiger partial charge on any atom is 0.0620 e. The zero-order valence-corrected chi connectivity index (χ0v) is 11.6. The summed E-state index contributed by atoms with van der Waals surface area (Å²) in [6, 6.07) is 8.59. The first-order valence-electron chi connectivity index (χ1n) is 6.73. The van der Waals surface area contributed by atoms with E-state index in [-0.39, 0.29) is 5.54 Å². The molecule has 100 valence electrons. The molecule has 1 aliphatic carbocycles. The lowest BCUT2D eigenvalue weighted by molar-refractivity contribution is -0.0355. The Kier molecular flexibility index (Phi) is 3.93. The van der Waals surface area contributed by atoms with Crippen molar-refractivity contribution in [3.8, 4) is 0 Å². The molecule has 2 N–H and O–H groups in total. The molecule has 3 heteroatoms. The molecule has 0 spiro atoms. The quantitative estimate of drug-likeness (QED) is 0.869. The van der Waals surface area contributed by atoms with Crippen molar-refractivity contribution < 1.29 is 4.74 Å². The number of likely N-dealkylation sites (N-methyl/N-ethyl adjacent to an activating group) is 1. The van der Waals surface area contributed by atoms with E-state index in [0.717, 1.165) is 19.4 Å². The van der Waals surface area contributed by atoms with Gasteiger partial charge in [0, 0.05) is 25.9 Å². The first-order valence-corrected chi connectivity index (χ1v) is 6.73. The van der Waals surface area contributed by atoms with E-state index in [4.69, 9.17) is 10.5 Å². The van der Waals surface area contributed by atoms with Crippen LogP contribution in [-0.4, -0.2) is 31.8 Å². The van der Waals surface area contributed by atoms with Crippen LogP contribution in [0.2, 0.25) is 0 Å². The van der Waals surface area contributed by atoms with Crippen LogP contribution in [0.3, 0.4) is 0 Å². The van der Waals surface area contributed by atoms with Gasteiger partial charge in [-0.1, -0.05) is 12.1 Å². The summed E-state index contributed by atoms with van der Waals surface area (Å²) in [6.07, 6.45) is 2.44. The van der Waals surface area contributed by atoms with Crippen LogP contribution in [0, 0.1) is 6.92 Å². The highest BCUT2D eigenvalue weighted by atomic mass is 16.5. The molecule has 0 bridgehead atoms. The SMILES string of the molecule is CCOC1CC(CN)(N(C)c2cccc(C)c2)C1. The standard InChI is InChI=1S/C15H24N2O/c1-4-18-14-9-15(10-14,11-16)17(3)13-7-5-6-12(2)8-13/h5-8,14H,4,9-11,16H2,1-3H3. The first-order chi connectivity index (χ1) is 8.61. The van der Waals surface area contributed by atoms with Crippen molar-refractivity contribution in [3.05, 3.63) is 29.8 Å². The topological polar surface area (TPSA) is 38.5 Å². The summed E-state index contributed by atoms with van der Waals surface area (Å²) in [4.78, 5) is 2.33. The summed E-state index contributed by atoms with van der Waals surface area (Å²) in [5.74, 6) is 0. The number of hydrogen-bond acceptors (Lipinski definition) is 3. The lowest BCUT2D eigenvalue weighted by Gasteiger charge is -2.53. The van der Waals surface area contributed by atoms with Gasteiger partial charge in [0.15, 0.2) is 0 Å². The minimum atomic E-state index is 0.0770. The predicted molar refractivity (Wildman–Crippen MR) is 76.0 cm³/mol. The molecule has 0 saturated heterocycles. The summed E-state index contributed by atoms with van der Waals surface area (Å²) < 4.78 is 5.66. The maximum atomic E-state index is 6.01. The second-order valence-corrected chi connectivity index (χ2v) is 5.31. The zero-order chi connectivity index (χ0) is 13.2. The summed E-state index contributed by atoms with van der Waals surface area (Å²) >= 11 is 0. The van der Waals surface area contributed by atoms with E-state index >= 15 is 0 Å². The second-order valence-electron chi connectivity index (χ2n) is 5.31. The Morgan fingerprint density at radius 1 is 1.44 bits per heavy atom. The smallest absolute Gasteiger partial charge is 0.0620 e. The minimum absolute atomic E-state index is 0.0770. The third-order valence-corrected chi connectivity index (χ3v) is 4.10. The molecule has 1 aliphatic rings. The largest absolute Gasteiger partial charge is 0.378 e. The number of rotatable bonds is 5. The number of ether oxygens (including phenoxy) is 1. The van der Waals surface area contributed by atoms with Gasteiger partial charge in [-0.15, -0.1) is 0 Å². The van der Waals surface area contributed by atoms with Gasteiger partial charge in [-0.05, 0) is 44.4 Å². The van der Waals surface area contributed by atoms with Gasteiger partial charge in [-0.3, -0.25) is 0 Å². The monoisotopic (exact) mass is 248 g/mol. The molecular formula is C15H24N2O. The molecule has 1 aromatic rings. The van der Waals surface area contributed by atoms with E-state index in [0.29, 0.717) is 12.6 Å². The third kappa shape index (κ3) is 2.38. The van der Waals surface area contributed by atoms with Crippen LogP contribution in [0.5, 0.6) is 0 Å². The molecular weight excluding hydrogens is 224 g/mol. The van der Waals surface area contributed by atoms with Crippen LogP contribution in [0.25, 0.3) is 0 Å². The fraction of sp³-hybridized carbons (Fsp3) is 0.600. The second kappa shape index (κ2) is 5.29. The van der Waals surface area contributed by atoms with Crippen molar-refractivity contribution in [2.24, 2.45) is 5.73 Å². The van der Waals surface area contributed by atoms with Gasteiger partial charge in [0.2, 0.25) is 0 Å². The normalized spacial score (nSPS) is 26.8. The lowest BCUT2D eigenvalue weighted by Crippen LogP contribution is -2.63. The summed E-state index contributed by atoms with van der Waals surface area (Å²) in [7, 11) is 2.14. The average molecular weight is 248 g/mol. The molecule has 0 heterocycles. The Morgan fingerprint density at radius 3 is 2.72 bits per heavy atom. The minimum Gasteiger partial charge on any atom is -0.378 e. The van der Waals surface area contributed by atoms with E-state index < -0.39 is 0 Å². The number of benzene rings is 1. The molecule has 0 atom stereocenters. The van der Waals surface area contributed by atoms with Crippen molar-refractivity contribution in [1.29, 1.82) is 0 Å². The highest BCUT2D eigenvalue weighted by molar-refractivity contribution is 5.51. The molecule has 0 amide bonds. The number of nitrogens with two attached hydrogens (primary N) is 1. The number of hydrogen-bond donors (Lipinski definition) is 1. The van der Waals surface area contributed by atoms with E-state index in [9.17, 15) is 0 Å². The first kappa shape index (κ1) is 13.4. The molecule has 3 nitrogen and oxygen atoms in total. The summed E-state index contributed by atoms with van der Waals surface area (Å²) in [6.45, 7) is 5.64. The summed E-state index contributed by atoms with van der Waals surface area (Å²) in [5.41, 5.74) is 8.61. The molecule has 1 saturated carbocycles. The Bertz CT molecular complexity index is 399. The third-order valence-electron chi connectivity index (χ3n) is 4.10. The highest BCUT2D eigenvalue weighted by Crippen LogP contribution is 2.40. The fourth-order valence-corrected chi connectivity index (χ4v) is 2.83. The van der Waals surface area contributed by atoms with Crippen LogP contribution >= 0.6 is 0 Å². The Balaban J connectivity index is 2.10. The molecule has 1 aromatic carbocycles. The van der Waals surface area contributed by atoms with Gasteiger partial charge in [0.25, 0.3) is 0 Å². The molecule has 0 aliphatic heterocycles. The van der Waals surface area contributed by atoms with Crippen molar-refractivity contribution in [1.82, 2.24) is 0 Å². The van der Waals surface area contributed by atoms with Gasteiger partial charge in [0.1, 0.15) is 0 Å². The molecule has 1 fully saturated rings. The predicted octanol–water partition coefficient (Wildman–Crippen LogP) is 2.33. The van der Waals surface area contributed by atoms with Crippen LogP contribution < -0.4 is 10.6 Å². The molecule has 2 rings (SSSR count). The van der Waals surface area contributed by atoms with Crippen molar-refractivity contribution >= 4 is 5.69 Å². The Hall–Kier alpha value is -1.06. The van der Waals surface area contributed by atoms with Crippen molar-refractivity contribution in [2.45, 2.75) is 38.3 Å². The van der Waals surface area contributed by atoms with E-state index in [2.05, 4.69) is 43.1 Å². The Morgan fingerprint density at radius 2 is 2.17 bits per heavy atom. The van der Waals surface area contributed by atoms with E-state index in [1.165, 1.54) is 11.3 Å². The van der Waals surface area contributed by atoms with Gasteiger partial charge in [-0.25, -0.2) is 0 Å². The maximum absolute atomic E-state index is 6.01. The molecule has 0 radical (unpaired) electrons. The zero-order valence-electron chi connectivity index (χ0n) is 11.6. The van der Waals surface area contributed by atoms with Gasteiger partial charge in [0.05, 0.1) is 11.6 Å². The Labute approximate surface area is 110 Å². The average Bonchev–Trinajstić information content (AvgIpc) is 2.32. The van der Waals surface area contributed by atoms with Crippen molar-refractivity contribution in [3.63, 3.8) is 0 Å². The number of aryl methyl sites for hydroxylation is 1. The lowest BCUT2D eigenvalue weighted by atomic mass is 9.72. The van der Waals surface area contributed by atoms with Crippen LogP contribution in [-0.2, 0) is 4.74 Å². The van der Waals surface area contributed by atoms with E-state index in [1.54, 1.807) is 0 Å². The van der Waals surface area contributed by atoms with Crippen LogP contribution in [0.15, 0.2) is 24.3 Å². The van der Waals surface area contributed by atoms with Crippen LogP contribution in [0.1, 0.15) is 25.3 Å². The fourth-order valence-electron chi connectivity index (χ4n) is 2.83. The highest BCUT2D eigenvalue weighted by Gasteiger charge is 2.47. The van der Waals surface area contributed by atoms with Gasteiger partial charge < -0.3 is 15.4 Å². The van der Waals surface area contributed by atoms with Gasteiger partial charge >= 0.3 is 0 Å². The van der Waals surface area contributed by atoms with Gasteiger partial charge in [-0.2, -0.15) is 0 Å². The molecule has 0 aromatic heterocycles. The molecule has 18 heavy (non-hydrogen) atoms. The summed E-state index contributed by atoms with van der Waals surface area (Å²) in [5, 5.41) is 0. The molecule has 0 unspecified atom stereocenters. The van der Waals surface area contributed by atoms with Crippen molar-refractivity contribution in [2.75, 3.05) is 25.1 Å². The number of nitrogens with zero attached hydrogens (tertiary/aromatic N) is 1. The number of anilines is 1. The van der Waals surface area contributed by atoms with E-state index in [1.807, 2.05) is 6.92 Å². The van der Waals surface area contributed by atoms with Crippen LogP contribution in [0.4, 0.5) is 5.69 Å².